The van der Waals surface area contributed by atoms with E-state index in [0.29, 0.717) is 30.3 Å². The van der Waals surface area contributed by atoms with Crippen LogP contribution in [-0.4, -0.2) is 85.0 Å². The average Bonchev–Trinajstić information content (AvgIpc) is 2.57. The first-order valence-corrected chi connectivity index (χ1v) is 9.08. The number of hydrogen-bond donors (Lipinski definition) is 0. The first-order valence-electron chi connectivity index (χ1n) is 9.08. The lowest BCUT2D eigenvalue weighted by Crippen LogP contribution is -2.62. The number of ether oxygens (including phenoxy) is 1. The summed E-state index contributed by atoms with van der Waals surface area (Å²) in [5, 5.41) is 0. The Morgan fingerprint density at radius 2 is 2.00 bits per heavy atom. The van der Waals surface area contributed by atoms with Crippen molar-refractivity contribution in [3.63, 3.8) is 0 Å². The Hall–Kier alpha value is -1.14. The minimum atomic E-state index is 0.261. The number of piperidine rings is 3. The molecule has 4 fully saturated rings. The van der Waals surface area contributed by atoms with Gasteiger partial charge in [-0.25, -0.2) is 0 Å². The molecule has 0 aromatic rings. The van der Waals surface area contributed by atoms with Crippen molar-refractivity contribution >= 4 is 11.8 Å². The zero-order valence-corrected chi connectivity index (χ0v) is 13.8. The van der Waals surface area contributed by atoms with Crippen LogP contribution in [0.25, 0.3) is 0 Å². The quantitative estimate of drug-likeness (QED) is 0.728. The van der Waals surface area contributed by atoms with E-state index >= 15 is 0 Å². The van der Waals surface area contributed by atoms with E-state index in [1.54, 1.807) is 0 Å². The SMILES string of the molecule is O=C(CN1CCOCC1)N1C[C@H]2C[C@H](C1)[C@H]1CCCC(=O)N1C2. The van der Waals surface area contributed by atoms with Crippen molar-refractivity contribution in [3.05, 3.63) is 0 Å². The van der Waals surface area contributed by atoms with Gasteiger partial charge in [-0.2, -0.15) is 0 Å². The molecular weight excluding hydrogens is 294 g/mol. The van der Waals surface area contributed by atoms with Crippen LogP contribution in [-0.2, 0) is 14.3 Å². The number of morpholine rings is 1. The molecule has 4 saturated heterocycles. The molecule has 3 atom stereocenters. The molecule has 6 nitrogen and oxygen atoms in total. The van der Waals surface area contributed by atoms with Gasteiger partial charge in [-0.15, -0.1) is 0 Å². The minimum absolute atomic E-state index is 0.261. The Bertz CT molecular complexity index is 478. The van der Waals surface area contributed by atoms with Crippen LogP contribution in [0, 0.1) is 11.8 Å². The lowest BCUT2D eigenvalue weighted by Gasteiger charge is -2.52. The van der Waals surface area contributed by atoms with Gasteiger partial charge in [0.15, 0.2) is 0 Å². The first kappa shape index (κ1) is 15.4. The molecule has 0 aliphatic carbocycles. The highest BCUT2D eigenvalue weighted by molar-refractivity contribution is 5.79. The predicted octanol–water partition coefficient (Wildman–Crippen LogP) is 0.178. The van der Waals surface area contributed by atoms with Crippen molar-refractivity contribution in [3.8, 4) is 0 Å². The highest BCUT2D eigenvalue weighted by Crippen LogP contribution is 2.37. The van der Waals surface area contributed by atoms with Crippen LogP contribution in [0.2, 0.25) is 0 Å². The number of rotatable bonds is 2. The summed E-state index contributed by atoms with van der Waals surface area (Å²) < 4.78 is 5.35. The maximum atomic E-state index is 12.7. The molecule has 0 spiro atoms. The number of amides is 2. The normalized spacial score (nSPS) is 35.1. The third kappa shape index (κ3) is 3.11. The summed E-state index contributed by atoms with van der Waals surface area (Å²) in [6.45, 7) is 6.24. The van der Waals surface area contributed by atoms with Crippen LogP contribution in [0.4, 0.5) is 0 Å². The lowest BCUT2D eigenvalue weighted by molar-refractivity contribution is -0.149. The molecule has 6 heteroatoms. The van der Waals surface area contributed by atoms with Crippen LogP contribution in [0.3, 0.4) is 0 Å². The molecule has 4 rings (SSSR count). The molecule has 128 valence electrons. The Balaban J connectivity index is 1.39. The molecule has 2 amide bonds. The van der Waals surface area contributed by atoms with Gasteiger partial charge < -0.3 is 14.5 Å². The van der Waals surface area contributed by atoms with E-state index in [0.717, 1.165) is 65.2 Å². The average molecular weight is 321 g/mol. The summed E-state index contributed by atoms with van der Waals surface area (Å²) in [6.07, 6.45) is 4.04. The van der Waals surface area contributed by atoms with Gasteiger partial charge in [0.05, 0.1) is 19.8 Å². The van der Waals surface area contributed by atoms with Gasteiger partial charge in [-0.05, 0) is 31.1 Å². The summed E-state index contributed by atoms with van der Waals surface area (Å²) in [7, 11) is 0. The number of nitrogens with zero attached hydrogens (tertiary/aromatic N) is 3. The second-order valence-electron chi connectivity index (χ2n) is 7.55. The third-order valence-electron chi connectivity index (χ3n) is 6.00. The minimum Gasteiger partial charge on any atom is -0.379 e. The van der Waals surface area contributed by atoms with E-state index in [2.05, 4.69) is 14.7 Å². The maximum absolute atomic E-state index is 12.7. The highest BCUT2D eigenvalue weighted by Gasteiger charge is 2.44. The zero-order chi connectivity index (χ0) is 15.8. The van der Waals surface area contributed by atoms with Crippen molar-refractivity contribution in [2.45, 2.75) is 31.7 Å². The number of likely N-dealkylation sites (tertiary alicyclic amines) is 1. The van der Waals surface area contributed by atoms with E-state index in [9.17, 15) is 9.59 Å². The van der Waals surface area contributed by atoms with Gasteiger partial charge in [0.2, 0.25) is 11.8 Å². The summed E-state index contributed by atoms with van der Waals surface area (Å²) in [4.78, 5) is 31.3. The molecule has 0 radical (unpaired) electrons. The number of hydrogen-bond acceptors (Lipinski definition) is 4. The summed E-state index contributed by atoms with van der Waals surface area (Å²) in [5.74, 6) is 1.56. The van der Waals surface area contributed by atoms with Crippen LogP contribution in [0.1, 0.15) is 25.7 Å². The largest absolute Gasteiger partial charge is 0.379 e. The molecule has 23 heavy (non-hydrogen) atoms. The van der Waals surface area contributed by atoms with Gasteiger partial charge in [-0.3, -0.25) is 14.5 Å². The lowest BCUT2D eigenvalue weighted by atomic mass is 9.76. The summed E-state index contributed by atoms with van der Waals surface area (Å²) >= 11 is 0. The van der Waals surface area contributed by atoms with E-state index < -0.39 is 0 Å². The highest BCUT2D eigenvalue weighted by atomic mass is 16.5. The molecule has 0 aromatic carbocycles. The summed E-state index contributed by atoms with van der Waals surface area (Å²) in [6, 6.07) is 0.381. The van der Waals surface area contributed by atoms with Crippen LogP contribution in [0.15, 0.2) is 0 Å². The maximum Gasteiger partial charge on any atom is 0.236 e. The summed E-state index contributed by atoms with van der Waals surface area (Å²) in [5.41, 5.74) is 0. The van der Waals surface area contributed by atoms with Gasteiger partial charge in [0, 0.05) is 45.2 Å². The van der Waals surface area contributed by atoms with Crippen molar-refractivity contribution < 1.29 is 14.3 Å². The second-order valence-corrected chi connectivity index (χ2v) is 7.55. The van der Waals surface area contributed by atoms with Crippen molar-refractivity contribution in [1.29, 1.82) is 0 Å². The van der Waals surface area contributed by atoms with Crippen molar-refractivity contribution in [2.24, 2.45) is 11.8 Å². The van der Waals surface area contributed by atoms with Crippen molar-refractivity contribution in [1.82, 2.24) is 14.7 Å². The first-order chi connectivity index (χ1) is 11.2. The number of carbonyl (C=O) groups is 2. The van der Waals surface area contributed by atoms with Gasteiger partial charge in [0.1, 0.15) is 0 Å². The van der Waals surface area contributed by atoms with E-state index in [-0.39, 0.29) is 5.91 Å². The Morgan fingerprint density at radius 1 is 1.17 bits per heavy atom. The van der Waals surface area contributed by atoms with Crippen molar-refractivity contribution in [2.75, 3.05) is 52.5 Å². The number of carbonyl (C=O) groups excluding carboxylic acids is 2. The van der Waals surface area contributed by atoms with E-state index in [1.165, 1.54) is 6.42 Å². The second kappa shape index (κ2) is 6.40. The zero-order valence-electron chi connectivity index (χ0n) is 13.8. The Labute approximate surface area is 137 Å². The molecule has 0 aromatic heterocycles. The standard InChI is InChI=1S/C17H27N3O3/c21-16-3-1-2-15-14-8-13(10-20(15)16)9-19(11-14)17(22)12-18-4-6-23-7-5-18/h13-15H,1-12H2/t13-,14-,15-/m1/s1. The van der Waals surface area contributed by atoms with Crippen LogP contribution < -0.4 is 0 Å². The fourth-order valence-electron chi connectivity index (χ4n) is 4.86. The van der Waals surface area contributed by atoms with E-state index in [1.807, 2.05) is 0 Å². The molecule has 2 bridgehead atoms. The molecule has 0 saturated carbocycles. The fourth-order valence-corrected chi connectivity index (χ4v) is 4.86. The third-order valence-corrected chi connectivity index (χ3v) is 6.00. The van der Waals surface area contributed by atoms with Gasteiger partial charge in [-0.1, -0.05) is 0 Å². The van der Waals surface area contributed by atoms with Crippen LogP contribution in [0.5, 0.6) is 0 Å². The van der Waals surface area contributed by atoms with Crippen LogP contribution >= 0.6 is 0 Å². The molecule has 0 N–H and O–H groups in total. The Morgan fingerprint density at radius 3 is 2.83 bits per heavy atom. The van der Waals surface area contributed by atoms with E-state index in [4.69, 9.17) is 4.74 Å². The van der Waals surface area contributed by atoms with Gasteiger partial charge in [0.25, 0.3) is 0 Å². The van der Waals surface area contributed by atoms with Gasteiger partial charge >= 0.3 is 0 Å². The molecule has 4 aliphatic rings. The monoisotopic (exact) mass is 321 g/mol. The molecule has 0 unspecified atom stereocenters. The Kier molecular flexibility index (Phi) is 4.28. The number of fused-ring (bicyclic) bond motifs is 4. The topological polar surface area (TPSA) is 53.1 Å². The molecule has 4 heterocycles. The molecule has 4 aliphatic heterocycles. The predicted molar refractivity (Wildman–Crippen MR) is 84.8 cm³/mol. The molecular formula is C17H27N3O3. The smallest absolute Gasteiger partial charge is 0.236 e. The fraction of sp³-hybridized carbons (Fsp3) is 0.882.